The molecule has 2 amide bonds. The largest absolute Gasteiger partial charge is 0.354 e. The molecule has 0 unspecified atom stereocenters. The maximum atomic E-state index is 12.1. The first-order valence-corrected chi connectivity index (χ1v) is 9.18. The van der Waals surface area contributed by atoms with Crippen LogP contribution in [0.3, 0.4) is 0 Å². The van der Waals surface area contributed by atoms with Crippen LogP contribution in [0.25, 0.3) is 0 Å². The Morgan fingerprint density at radius 3 is 2.42 bits per heavy atom. The van der Waals surface area contributed by atoms with Gasteiger partial charge in [-0.1, -0.05) is 38.2 Å². The van der Waals surface area contributed by atoms with Crippen LogP contribution in [0.1, 0.15) is 66.4 Å². The molecule has 2 rings (SSSR count). The Balaban J connectivity index is 1.60. The van der Waals surface area contributed by atoms with Crippen molar-refractivity contribution in [1.82, 2.24) is 10.6 Å². The van der Waals surface area contributed by atoms with Gasteiger partial charge in [-0.3, -0.25) is 9.59 Å². The van der Waals surface area contributed by atoms with Crippen molar-refractivity contribution in [2.45, 2.75) is 58.8 Å². The van der Waals surface area contributed by atoms with Gasteiger partial charge in [-0.25, -0.2) is 0 Å². The fourth-order valence-electron chi connectivity index (χ4n) is 3.26. The molecule has 4 nitrogen and oxygen atoms in total. The van der Waals surface area contributed by atoms with Crippen molar-refractivity contribution < 1.29 is 9.59 Å². The molecule has 0 bridgehead atoms. The highest BCUT2D eigenvalue weighted by atomic mass is 16.2. The zero-order chi connectivity index (χ0) is 17.4. The maximum absolute atomic E-state index is 12.1. The van der Waals surface area contributed by atoms with Crippen LogP contribution in [-0.2, 0) is 4.79 Å². The number of hydrogen-bond donors (Lipinski definition) is 2. The van der Waals surface area contributed by atoms with Crippen molar-refractivity contribution in [3.05, 3.63) is 34.9 Å². The molecule has 132 valence electrons. The van der Waals surface area contributed by atoms with Gasteiger partial charge in [-0.05, 0) is 49.4 Å². The van der Waals surface area contributed by atoms with E-state index in [2.05, 4.69) is 10.6 Å². The summed E-state index contributed by atoms with van der Waals surface area (Å²) in [5.41, 5.74) is 2.96. The van der Waals surface area contributed by atoms with E-state index < -0.39 is 0 Å². The molecule has 4 heteroatoms. The minimum atomic E-state index is -0.0884. The van der Waals surface area contributed by atoms with Gasteiger partial charge in [0.05, 0.1) is 0 Å². The summed E-state index contributed by atoms with van der Waals surface area (Å²) in [5, 5.41) is 5.75. The van der Waals surface area contributed by atoms with E-state index >= 15 is 0 Å². The predicted molar refractivity (Wildman–Crippen MR) is 97.1 cm³/mol. The second-order valence-corrected chi connectivity index (χ2v) is 6.95. The first kappa shape index (κ1) is 18.5. The van der Waals surface area contributed by atoms with E-state index in [1.807, 2.05) is 32.0 Å². The number of amides is 2. The van der Waals surface area contributed by atoms with Gasteiger partial charge in [-0.2, -0.15) is 0 Å². The lowest BCUT2D eigenvalue weighted by Crippen LogP contribution is -2.34. The highest BCUT2D eigenvalue weighted by molar-refractivity contribution is 5.94. The number of rotatable bonds is 7. The molecule has 0 radical (unpaired) electrons. The van der Waals surface area contributed by atoms with Gasteiger partial charge in [0.2, 0.25) is 5.91 Å². The third kappa shape index (κ3) is 5.99. The van der Waals surface area contributed by atoms with E-state index in [1.54, 1.807) is 0 Å². The first-order valence-electron chi connectivity index (χ1n) is 9.18. The molecule has 0 saturated heterocycles. The second-order valence-electron chi connectivity index (χ2n) is 6.95. The Labute approximate surface area is 145 Å². The standard InChI is InChI=1S/C20H30N2O2/c1-15-8-10-18(14-16(15)2)20(24)22-13-12-21-19(23)11-9-17-6-4-3-5-7-17/h8,10,14,17H,3-7,9,11-13H2,1-2H3,(H,21,23)(H,22,24). The van der Waals surface area contributed by atoms with E-state index in [9.17, 15) is 9.59 Å². The number of carbonyl (C=O) groups excluding carboxylic acids is 2. The number of hydrogen-bond acceptors (Lipinski definition) is 2. The van der Waals surface area contributed by atoms with E-state index in [4.69, 9.17) is 0 Å². The topological polar surface area (TPSA) is 58.2 Å². The van der Waals surface area contributed by atoms with Crippen molar-refractivity contribution in [1.29, 1.82) is 0 Å². The number of aryl methyl sites for hydroxylation is 2. The molecule has 24 heavy (non-hydrogen) atoms. The molecule has 1 aromatic carbocycles. The van der Waals surface area contributed by atoms with Crippen LogP contribution in [0.4, 0.5) is 0 Å². The molecule has 1 saturated carbocycles. The van der Waals surface area contributed by atoms with Gasteiger partial charge < -0.3 is 10.6 Å². The summed E-state index contributed by atoms with van der Waals surface area (Å²) in [4.78, 5) is 23.9. The molecule has 1 aliphatic carbocycles. The van der Waals surface area contributed by atoms with Crippen LogP contribution in [0.5, 0.6) is 0 Å². The molecule has 0 atom stereocenters. The molecule has 0 aromatic heterocycles. The minimum absolute atomic E-state index is 0.0884. The zero-order valence-corrected chi connectivity index (χ0v) is 15.0. The van der Waals surface area contributed by atoms with Gasteiger partial charge >= 0.3 is 0 Å². The van der Waals surface area contributed by atoms with Gasteiger partial charge in [0, 0.05) is 25.1 Å². The average molecular weight is 330 g/mol. The minimum Gasteiger partial charge on any atom is -0.354 e. The number of carbonyl (C=O) groups is 2. The SMILES string of the molecule is Cc1ccc(C(=O)NCCNC(=O)CCC2CCCCC2)cc1C. The van der Waals surface area contributed by atoms with Crippen LogP contribution < -0.4 is 10.6 Å². The van der Waals surface area contributed by atoms with E-state index in [1.165, 1.54) is 37.7 Å². The van der Waals surface area contributed by atoms with Crippen LogP contribution in [0.15, 0.2) is 18.2 Å². The predicted octanol–water partition coefficient (Wildman–Crippen LogP) is 3.51. The number of nitrogens with one attached hydrogen (secondary N) is 2. The van der Waals surface area contributed by atoms with Crippen molar-refractivity contribution in [3.63, 3.8) is 0 Å². The average Bonchev–Trinajstić information content (AvgIpc) is 2.60. The molecule has 1 aromatic rings. The third-order valence-corrected chi connectivity index (χ3v) is 5.01. The highest BCUT2D eigenvalue weighted by Crippen LogP contribution is 2.27. The van der Waals surface area contributed by atoms with E-state index in [-0.39, 0.29) is 11.8 Å². The number of benzene rings is 1. The summed E-state index contributed by atoms with van der Waals surface area (Å²) in [6, 6.07) is 5.69. The first-order chi connectivity index (χ1) is 11.6. The molecule has 2 N–H and O–H groups in total. The lowest BCUT2D eigenvalue weighted by Gasteiger charge is -2.20. The summed E-state index contributed by atoms with van der Waals surface area (Å²) in [5.74, 6) is 0.740. The Morgan fingerprint density at radius 2 is 1.71 bits per heavy atom. The van der Waals surface area contributed by atoms with Gasteiger partial charge in [-0.15, -0.1) is 0 Å². The molecule has 0 aliphatic heterocycles. The third-order valence-electron chi connectivity index (χ3n) is 5.01. The maximum Gasteiger partial charge on any atom is 0.251 e. The second kappa shape index (κ2) is 9.45. The normalized spacial score (nSPS) is 15.1. The summed E-state index contributed by atoms with van der Waals surface area (Å²) in [6.07, 6.45) is 8.14. The Kier molecular flexibility index (Phi) is 7.29. The van der Waals surface area contributed by atoms with E-state index in [0.29, 0.717) is 25.1 Å². The van der Waals surface area contributed by atoms with Crippen LogP contribution in [-0.4, -0.2) is 24.9 Å². The monoisotopic (exact) mass is 330 g/mol. The van der Waals surface area contributed by atoms with Crippen molar-refractivity contribution in [3.8, 4) is 0 Å². The molecular formula is C20H30N2O2. The highest BCUT2D eigenvalue weighted by Gasteiger charge is 2.14. The van der Waals surface area contributed by atoms with Crippen molar-refractivity contribution >= 4 is 11.8 Å². The van der Waals surface area contributed by atoms with E-state index in [0.717, 1.165) is 17.9 Å². The lowest BCUT2D eigenvalue weighted by molar-refractivity contribution is -0.121. The van der Waals surface area contributed by atoms with Crippen LogP contribution in [0.2, 0.25) is 0 Å². The molecule has 1 aliphatic rings. The summed E-state index contributed by atoms with van der Waals surface area (Å²) >= 11 is 0. The smallest absolute Gasteiger partial charge is 0.251 e. The van der Waals surface area contributed by atoms with Crippen molar-refractivity contribution in [2.24, 2.45) is 5.92 Å². The van der Waals surface area contributed by atoms with Crippen LogP contribution >= 0.6 is 0 Å². The summed E-state index contributed by atoms with van der Waals surface area (Å²) in [6.45, 7) is 4.97. The Bertz CT molecular complexity index is 563. The Hall–Kier alpha value is -1.84. The van der Waals surface area contributed by atoms with Gasteiger partial charge in [0.1, 0.15) is 0 Å². The molecule has 1 fully saturated rings. The summed E-state index contributed by atoms with van der Waals surface area (Å²) < 4.78 is 0. The van der Waals surface area contributed by atoms with Gasteiger partial charge in [0.25, 0.3) is 5.91 Å². The fraction of sp³-hybridized carbons (Fsp3) is 0.600. The fourth-order valence-corrected chi connectivity index (χ4v) is 3.26. The lowest BCUT2D eigenvalue weighted by atomic mass is 9.86. The molecular weight excluding hydrogens is 300 g/mol. The van der Waals surface area contributed by atoms with Crippen molar-refractivity contribution in [2.75, 3.05) is 13.1 Å². The zero-order valence-electron chi connectivity index (χ0n) is 15.0. The Morgan fingerprint density at radius 1 is 1.00 bits per heavy atom. The molecule has 0 heterocycles. The van der Waals surface area contributed by atoms with Gasteiger partial charge in [0.15, 0.2) is 0 Å². The van der Waals surface area contributed by atoms with Crippen LogP contribution in [0, 0.1) is 19.8 Å². The summed E-state index contributed by atoms with van der Waals surface area (Å²) in [7, 11) is 0. The molecule has 0 spiro atoms. The quantitative estimate of drug-likeness (QED) is 0.752.